The maximum Gasteiger partial charge on any atom is 0.416 e. The third-order valence-electron chi connectivity index (χ3n) is 2.73. The summed E-state index contributed by atoms with van der Waals surface area (Å²) in [4.78, 5) is 11.6. The van der Waals surface area contributed by atoms with Crippen LogP contribution in [0.15, 0.2) is 18.2 Å². The van der Waals surface area contributed by atoms with Crippen LogP contribution in [0.5, 0.6) is 0 Å². The second-order valence-corrected chi connectivity index (χ2v) is 4.90. The number of hydrogen-bond donors (Lipinski definition) is 2. The zero-order valence-electron chi connectivity index (χ0n) is 11.1. The third kappa shape index (κ3) is 5.38. The largest absolute Gasteiger partial charge is 0.416 e. The summed E-state index contributed by atoms with van der Waals surface area (Å²) in [6.45, 7) is 3.90. The lowest BCUT2D eigenvalue weighted by Gasteiger charge is -2.13. The second kappa shape index (κ2) is 6.95. The van der Waals surface area contributed by atoms with Crippen molar-refractivity contribution < 1.29 is 18.0 Å². The first-order valence-corrected chi connectivity index (χ1v) is 6.51. The van der Waals surface area contributed by atoms with Crippen molar-refractivity contribution in [2.45, 2.75) is 32.5 Å². The van der Waals surface area contributed by atoms with Crippen LogP contribution in [-0.2, 0) is 11.0 Å². The van der Waals surface area contributed by atoms with Gasteiger partial charge in [0.25, 0.3) is 0 Å². The molecule has 0 saturated carbocycles. The molecular weight excluding hydrogens is 293 g/mol. The zero-order chi connectivity index (χ0) is 15.3. The van der Waals surface area contributed by atoms with Gasteiger partial charge in [-0.15, -0.1) is 0 Å². The lowest BCUT2D eigenvalue weighted by atomic mass is 10.2. The van der Waals surface area contributed by atoms with E-state index < -0.39 is 17.6 Å². The summed E-state index contributed by atoms with van der Waals surface area (Å²) in [6, 6.07) is 3.10. The fourth-order valence-electron chi connectivity index (χ4n) is 1.44. The molecule has 0 aliphatic carbocycles. The molecule has 0 radical (unpaired) electrons. The molecule has 0 heterocycles. The molecule has 112 valence electrons. The zero-order valence-corrected chi connectivity index (χ0v) is 11.9. The molecule has 1 amide bonds. The van der Waals surface area contributed by atoms with Gasteiger partial charge in [-0.05, 0) is 31.5 Å². The Morgan fingerprint density at radius 2 is 2.00 bits per heavy atom. The Balaban J connectivity index is 2.73. The van der Waals surface area contributed by atoms with E-state index in [0.29, 0.717) is 0 Å². The quantitative estimate of drug-likeness (QED) is 0.871. The van der Waals surface area contributed by atoms with Gasteiger partial charge in [0, 0.05) is 16.8 Å². The van der Waals surface area contributed by atoms with Crippen molar-refractivity contribution in [1.29, 1.82) is 0 Å². The predicted octanol–water partition coefficient (Wildman–Crippen LogP) is 3.69. The first-order chi connectivity index (χ1) is 9.22. The van der Waals surface area contributed by atoms with Crippen molar-refractivity contribution in [3.05, 3.63) is 28.8 Å². The molecule has 3 nitrogen and oxygen atoms in total. The molecule has 0 saturated heterocycles. The average molecular weight is 309 g/mol. The Morgan fingerprint density at radius 1 is 1.35 bits per heavy atom. The van der Waals surface area contributed by atoms with E-state index in [1.54, 1.807) is 0 Å². The summed E-state index contributed by atoms with van der Waals surface area (Å²) < 4.78 is 37.8. The molecule has 0 spiro atoms. The molecule has 1 rings (SSSR count). The number of carbonyl (C=O) groups excluding carboxylic acids is 1. The van der Waals surface area contributed by atoms with Crippen LogP contribution in [0.4, 0.5) is 18.9 Å². The molecule has 0 fully saturated rings. The minimum atomic E-state index is -4.50. The van der Waals surface area contributed by atoms with Crippen LogP contribution >= 0.6 is 11.6 Å². The SMILES string of the molecule is CCC(C)NCC(=O)Nc1cc(Cl)cc(C(F)(F)F)c1. The van der Waals surface area contributed by atoms with Crippen LogP contribution in [0, 0.1) is 0 Å². The van der Waals surface area contributed by atoms with E-state index in [1.165, 1.54) is 6.07 Å². The Hall–Kier alpha value is -1.27. The van der Waals surface area contributed by atoms with Crippen molar-refractivity contribution >= 4 is 23.2 Å². The van der Waals surface area contributed by atoms with Gasteiger partial charge in [0.2, 0.25) is 5.91 Å². The molecule has 20 heavy (non-hydrogen) atoms. The minimum absolute atomic E-state index is 0.0285. The molecule has 1 aromatic rings. The van der Waals surface area contributed by atoms with Gasteiger partial charge in [-0.3, -0.25) is 4.79 Å². The predicted molar refractivity (Wildman–Crippen MR) is 72.8 cm³/mol. The number of benzene rings is 1. The molecule has 0 aromatic heterocycles. The van der Waals surface area contributed by atoms with Crippen LogP contribution < -0.4 is 10.6 Å². The van der Waals surface area contributed by atoms with Crippen LogP contribution in [0.2, 0.25) is 5.02 Å². The molecule has 0 aliphatic rings. The number of nitrogens with one attached hydrogen (secondary N) is 2. The molecule has 1 atom stereocenters. The molecule has 1 unspecified atom stereocenters. The molecule has 2 N–H and O–H groups in total. The molecule has 0 aliphatic heterocycles. The van der Waals surface area contributed by atoms with Crippen molar-refractivity contribution in [2.75, 3.05) is 11.9 Å². The fraction of sp³-hybridized carbons (Fsp3) is 0.462. The minimum Gasteiger partial charge on any atom is -0.325 e. The molecule has 1 aromatic carbocycles. The maximum atomic E-state index is 12.6. The van der Waals surface area contributed by atoms with Gasteiger partial charge in [-0.1, -0.05) is 18.5 Å². The highest BCUT2D eigenvalue weighted by Gasteiger charge is 2.31. The van der Waals surface area contributed by atoms with Gasteiger partial charge in [-0.25, -0.2) is 0 Å². The van der Waals surface area contributed by atoms with E-state index in [9.17, 15) is 18.0 Å². The Bertz CT molecular complexity index is 477. The van der Waals surface area contributed by atoms with E-state index in [4.69, 9.17) is 11.6 Å². The smallest absolute Gasteiger partial charge is 0.325 e. The van der Waals surface area contributed by atoms with Gasteiger partial charge in [0.05, 0.1) is 12.1 Å². The fourth-order valence-corrected chi connectivity index (χ4v) is 1.68. The maximum absolute atomic E-state index is 12.6. The number of anilines is 1. The summed E-state index contributed by atoms with van der Waals surface area (Å²) in [5.41, 5.74) is -0.865. The molecule has 7 heteroatoms. The number of hydrogen-bond acceptors (Lipinski definition) is 2. The van der Waals surface area contributed by atoms with E-state index in [2.05, 4.69) is 10.6 Å². The number of alkyl halides is 3. The van der Waals surface area contributed by atoms with Gasteiger partial charge in [-0.2, -0.15) is 13.2 Å². The Labute approximate surface area is 120 Å². The number of rotatable bonds is 5. The topological polar surface area (TPSA) is 41.1 Å². The van der Waals surface area contributed by atoms with Crippen LogP contribution in [-0.4, -0.2) is 18.5 Å². The third-order valence-corrected chi connectivity index (χ3v) is 2.95. The first kappa shape index (κ1) is 16.8. The highest BCUT2D eigenvalue weighted by molar-refractivity contribution is 6.31. The summed E-state index contributed by atoms with van der Waals surface area (Å²) in [7, 11) is 0. The van der Waals surface area contributed by atoms with Crippen molar-refractivity contribution in [1.82, 2.24) is 5.32 Å². The van der Waals surface area contributed by atoms with Crippen molar-refractivity contribution in [2.24, 2.45) is 0 Å². The second-order valence-electron chi connectivity index (χ2n) is 4.46. The Morgan fingerprint density at radius 3 is 2.55 bits per heavy atom. The monoisotopic (exact) mass is 308 g/mol. The normalized spacial score (nSPS) is 13.1. The molecular formula is C13H16ClF3N2O. The highest BCUT2D eigenvalue weighted by Crippen LogP contribution is 2.33. The van der Waals surface area contributed by atoms with Crippen molar-refractivity contribution in [3.8, 4) is 0 Å². The van der Waals surface area contributed by atoms with Gasteiger partial charge in [0.15, 0.2) is 0 Å². The summed E-state index contributed by atoms with van der Waals surface area (Å²) in [5, 5.41) is 5.25. The van der Waals surface area contributed by atoms with E-state index in [0.717, 1.165) is 18.6 Å². The van der Waals surface area contributed by atoms with Gasteiger partial charge >= 0.3 is 6.18 Å². The number of halogens is 4. The first-order valence-electron chi connectivity index (χ1n) is 6.13. The standard InChI is InChI=1S/C13H16ClF3N2O/c1-3-8(2)18-7-12(20)19-11-5-9(13(15,16)17)4-10(14)6-11/h4-6,8,18H,3,7H2,1-2H3,(H,19,20). The van der Waals surface area contributed by atoms with Crippen molar-refractivity contribution in [3.63, 3.8) is 0 Å². The molecule has 0 bridgehead atoms. The number of carbonyl (C=O) groups is 1. The summed E-state index contributed by atoms with van der Waals surface area (Å²) in [6.07, 6.45) is -3.65. The summed E-state index contributed by atoms with van der Waals surface area (Å²) in [5.74, 6) is -0.416. The van der Waals surface area contributed by atoms with Gasteiger partial charge < -0.3 is 10.6 Å². The summed E-state index contributed by atoms with van der Waals surface area (Å²) >= 11 is 5.62. The lowest BCUT2D eigenvalue weighted by molar-refractivity contribution is -0.137. The van der Waals surface area contributed by atoms with Crippen LogP contribution in [0.25, 0.3) is 0 Å². The highest BCUT2D eigenvalue weighted by atomic mass is 35.5. The Kier molecular flexibility index (Phi) is 5.83. The van der Waals surface area contributed by atoms with E-state index in [-0.39, 0.29) is 23.3 Å². The van der Waals surface area contributed by atoms with E-state index in [1.807, 2.05) is 13.8 Å². The van der Waals surface area contributed by atoms with Crippen LogP contribution in [0.3, 0.4) is 0 Å². The lowest BCUT2D eigenvalue weighted by Crippen LogP contribution is -2.34. The van der Waals surface area contributed by atoms with E-state index >= 15 is 0 Å². The number of amides is 1. The average Bonchev–Trinajstić information content (AvgIpc) is 2.34. The van der Waals surface area contributed by atoms with Crippen LogP contribution in [0.1, 0.15) is 25.8 Å². The van der Waals surface area contributed by atoms with Gasteiger partial charge in [0.1, 0.15) is 0 Å².